The summed E-state index contributed by atoms with van der Waals surface area (Å²) in [6.45, 7) is 7.84. The van der Waals surface area contributed by atoms with Crippen LogP contribution in [0.3, 0.4) is 0 Å². The zero-order chi connectivity index (χ0) is 20.2. The molecular formula is C23H24N4OS. The Morgan fingerprint density at radius 2 is 1.86 bits per heavy atom. The van der Waals surface area contributed by atoms with Crippen LogP contribution in [0.5, 0.6) is 0 Å². The molecule has 0 saturated heterocycles. The zero-order valence-corrected chi connectivity index (χ0v) is 17.3. The Hall–Kier alpha value is -2.86. The molecular weight excluding hydrogens is 380 g/mol. The van der Waals surface area contributed by atoms with E-state index in [4.69, 9.17) is 0 Å². The van der Waals surface area contributed by atoms with Crippen molar-refractivity contribution in [1.29, 1.82) is 0 Å². The Morgan fingerprint density at radius 1 is 1.14 bits per heavy atom. The van der Waals surface area contributed by atoms with Crippen LogP contribution in [-0.4, -0.2) is 37.4 Å². The van der Waals surface area contributed by atoms with E-state index in [0.29, 0.717) is 13.1 Å². The van der Waals surface area contributed by atoms with Crippen molar-refractivity contribution in [3.05, 3.63) is 78.4 Å². The van der Waals surface area contributed by atoms with E-state index in [0.717, 1.165) is 29.5 Å². The van der Waals surface area contributed by atoms with E-state index < -0.39 is 0 Å². The predicted molar refractivity (Wildman–Crippen MR) is 117 cm³/mol. The van der Waals surface area contributed by atoms with E-state index in [-0.39, 0.29) is 11.2 Å². The summed E-state index contributed by atoms with van der Waals surface area (Å²) in [5, 5.41) is 9.25. The minimum atomic E-state index is -0.239. The number of allylic oxidation sites excluding steroid dienone is 1. The molecule has 3 aromatic rings. The van der Waals surface area contributed by atoms with E-state index in [1.807, 2.05) is 58.9 Å². The van der Waals surface area contributed by atoms with Gasteiger partial charge in [0, 0.05) is 25.2 Å². The van der Waals surface area contributed by atoms with Gasteiger partial charge in [0.1, 0.15) is 0 Å². The molecule has 0 aliphatic carbocycles. The first-order valence-corrected chi connectivity index (χ1v) is 10.7. The summed E-state index contributed by atoms with van der Waals surface area (Å²) in [6, 6.07) is 18.3. The van der Waals surface area contributed by atoms with Crippen LogP contribution in [-0.2, 0) is 24.3 Å². The van der Waals surface area contributed by atoms with Crippen molar-refractivity contribution in [2.45, 2.75) is 36.8 Å². The number of carbonyl (C=O) groups is 1. The van der Waals surface area contributed by atoms with E-state index in [2.05, 4.69) is 35.0 Å². The average Bonchev–Trinajstić information content (AvgIpc) is 3.16. The lowest BCUT2D eigenvalue weighted by molar-refractivity contribution is -0.131. The highest BCUT2D eigenvalue weighted by molar-refractivity contribution is 8.00. The predicted octanol–water partition coefficient (Wildman–Crippen LogP) is 4.20. The van der Waals surface area contributed by atoms with Gasteiger partial charge >= 0.3 is 0 Å². The number of thioether (sulfide) groups is 1. The molecule has 5 nitrogen and oxygen atoms in total. The molecule has 0 saturated carbocycles. The van der Waals surface area contributed by atoms with E-state index in [1.165, 1.54) is 22.9 Å². The van der Waals surface area contributed by atoms with Crippen LogP contribution >= 0.6 is 11.8 Å². The molecule has 2 aromatic carbocycles. The van der Waals surface area contributed by atoms with Gasteiger partial charge in [0.05, 0.1) is 5.25 Å². The topological polar surface area (TPSA) is 51.0 Å². The Morgan fingerprint density at radius 3 is 2.62 bits per heavy atom. The molecule has 1 amide bonds. The monoisotopic (exact) mass is 404 g/mol. The molecule has 4 rings (SSSR count). The standard InChI is InChI=1S/C23H24N4OS/c1-3-14-27-21(19-10-5-4-6-11-19)24-25-23(27)29-17(2)22(28)26-15-13-18-9-7-8-12-20(18)16-26/h3-12,17H,1,13-16H2,2H3/t17-/m1/s1. The van der Waals surface area contributed by atoms with E-state index in [1.54, 1.807) is 0 Å². The van der Waals surface area contributed by atoms with Crippen molar-refractivity contribution in [3.63, 3.8) is 0 Å². The van der Waals surface area contributed by atoms with Crippen LogP contribution in [0.1, 0.15) is 18.1 Å². The molecule has 2 heterocycles. The quantitative estimate of drug-likeness (QED) is 0.456. The number of hydrogen-bond donors (Lipinski definition) is 0. The molecule has 1 aliphatic rings. The fourth-order valence-electron chi connectivity index (χ4n) is 3.62. The van der Waals surface area contributed by atoms with Gasteiger partial charge in [-0.15, -0.1) is 16.8 Å². The number of rotatable bonds is 6. The molecule has 0 N–H and O–H groups in total. The van der Waals surface area contributed by atoms with Crippen molar-refractivity contribution in [2.24, 2.45) is 0 Å². The van der Waals surface area contributed by atoms with E-state index in [9.17, 15) is 4.79 Å². The molecule has 6 heteroatoms. The number of fused-ring (bicyclic) bond motifs is 1. The van der Waals surface area contributed by atoms with Gasteiger partial charge in [-0.25, -0.2) is 0 Å². The van der Waals surface area contributed by atoms with E-state index >= 15 is 0 Å². The van der Waals surface area contributed by atoms with Crippen LogP contribution in [0.15, 0.2) is 72.4 Å². The van der Waals surface area contributed by atoms with Crippen LogP contribution in [0, 0.1) is 0 Å². The van der Waals surface area contributed by atoms with Crippen molar-refractivity contribution < 1.29 is 4.79 Å². The fraction of sp³-hybridized carbons (Fsp3) is 0.261. The number of amides is 1. The summed E-state index contributed by atoms with van der Waals surface area (Å²) in [5.41, 5.74) is 3.58. The van der Waals surface area contributed by atoms with Crippen molar-refractivity contribution in [3.8, 4) is 11.4 Å². The maximum Gasteiger partial charge on any atom is 0.236 e. The Bertz CT molecular complexity index is 1010. The minimum absolute atomic E-state index is 0.138. The molecule has 0 radical (unpaired) electrons. The number of hydrogen-bond acceptors (Lipinski definition) is 4. The lowest BCUT2D eigenvalue weighted by Gasteiger charge is -2.30. The van der Waals surface area contributed by atoms with Crippen LogP contribution in [0.2, 0.25) is 0 Å². The van der Waals surface area contributed by atoms with Gasteiger partial charge in [0.2, 0.25) is 5.91 Å². The Balaban J connectivity index is 1.51. The van der Waals surface area contributed by atoms with Gasteiger partial charge in [0.15, 0.2) is 11.0 Å². The second-order valence-electron chi connectivity index (χ2n) is 7.11. The second-order valence-corrected chi connectivity index (χ2v) is 8.42. The highest BCUT2D eigenvalue weighted by Gasteiger charge is 2.27. The molecule has 0 spiro atoms. The second kappa shape index (κ2) is 8.66. The summed E-state index contributed by atoms with van der Waals surface area (Å²) in [7, 11) is 0. The number of aromatic nitrogens is 3. The summed E-state index contributed by atoms with van der Waals surface area (Å²) < 4.78 is 2.02. The molecule has 148 valence electrons. The highest BCUT2D eigenvalue weighted by Crippen LogP contribution is 2.29. The lowest BCUT2D eigenvalue weighted by Crippen LogP contribution is -2.40. The molecule has 29 heavy (non-hydrogen) atoms. The molecule has 1 atom stereocenters. The number of nitrogens with zero attached hydrogens (tertiary/aromatic N) is 4. The Labute approximate surface area is 175 Å². The number of benzene rings is 2. The third kappa shape index (κ3) is 4.12. The minimum Gasteiger partial charge on any atom is -0.337 e. The van der Waals surface area contributed by atoms with Crippen LogP contribution < -0.4 is 0 Å². The third-order valence-electron chi connectivity index (χ3n) is 5.13. The normalized spacial score (nSPS) is 14.3. The summed E-state index contributed by atoms with van der Waals surface area (Å²) in [5.74, 6) is 0.929. The molecule has 0 fully saturated rings. The number of carbonyl (C=O) groups excluding carboxylic acids is 1. The highest BCUT2D eigenvalue weighted by atomic mass is 32.2. The molecule has 1 aromatic heterocycles. The summed E-state index contributed by atoms with van der Waals surface area (Å²) in [6.07, 6.45) is 2.73. The van der Waals surface area contributed by atoms with Gasteiger partial charge in [-0.05, 0) is 24.5 Å². The third-order valence-corrected chi connectivity index (χ3v) is 6.20. The first-order chi connectivity index (χ1) is 14.2. The molecule has 0 bridgehead atoms. The maximum atomic E-state index is 13.1. The van der Waals surface area contributed by atoms with Gasteiger partial charge in [0.25, 0.3) is 0 Å². The summed E-state index contributed by atoms with van der Waals surface area (Å²) >= 11 is 1.46. The van der Waals surface area contributed by atoms with Gasteiger partial charge in [-0.2, -0.15) is 0 Å². The zero-order valence-electron chi connectivity index (χ0n) is 16.5. The van der Waals surface area contributed by atoms with Gasteiger partial charge in [-0.1, -0.05) is 72.4 Å². The Kier molecular flexibility index (Phi) is 5.81. The average molecular weight is 405 g/mol. The largest absolute Gasteiger partial charge is 0.337 e. The molecule has 1 aliphatic heterocycles. The fourth-order valence-corrected chi connectivity index (χ4v) is 4.56. The molecule has 0 unspecified atom stereocenters. The summed E-state index contributed by atoms with van der Waals surface area (Å²) in [4.78, 5) is 15.0. The smallest absolute Gasteiger partial charge is 0.236 e. The SMILES string of the molecule is C=CCn1c(S[C@H](C)C(=O)N2CCc3ccccc3C2)nnc1-c1ccccc1. The first-order valence-electron chi connectivity index (χ1n) is 9.79. The van der Waals surface area contributed by atoms with Crippen molar-refractivity contribution >= 4 is 17.7 Å². The maximum absolute atomic E-state index is 13.1. The van der Waals surface area contributed by atoms with Crippen LogP contribution in [0.4, 0.5) is 0 Å². The first kappa shape index (κ1) is 19.5. The van der Waals surface area contributed by atoms with Crippen molar-refractivity contribution in [1.82, 2.24) is 19.7 Å². The van der Waals surface area contributed by atoms with Crippen molar-refractivity contribution in [2.75, 3.05) is 6.54 Å². The van der Waals surface area contributed by atoms with Gasteiger partial charge in [-0.3, -0.25) is 9.36 Å². The lowest BCUT2D eigenvalue weighted by atomic mass is 10.00. The van der Waals surface area contributed by atoms with Gasteiger partial charge < -0.3 is 4.90 Å². The van der Waals surface area contributed by atoms with Crippen LogP contribution in [0.25, 0.3) is 11.4 Å².